The van der Waals surface area contributed by atoms with Crippen LogP contribution in [0.3, 0.4) is 0 Å². The van der Waals surface area contributed by atoms with Gasteiger partial charge in [0.15, 0.2) is 5.78 Å². The lowest BCUT2D eigenvalue weighted by Gasteiger charge is -2.37. The van der Waals surface area contributed by atoms with E-state index in [-0.39, 0.29) is 58.7 Å². The molecule has 34 heavy (non-hydrogen) atoms. The monoisotopic (exact) mass is 504 g/mol. The molecule has 3 atom stereocenters. The summed E-state index contributed by atoms with van der Waals surface area (Å²) in [5.41, 5.74) is 1.66. The second-order valence-electron chi connectivity index (χ2n) is 7.83. The van der Waals surface area contributed by atoms with Crippen molar-refractivity contribution in [3.8, 4) is 0 Å². The number of piperidine rings is 1. The number of nitrogens with zero attached hydrogens (tertiary/aromatic N) is 1. The lowest BCUT2D eigenvalue weighted by atomic mass is 9.97. The summed E-state index contributed by atoms with van der Waals surface area (Å²) in [6.45, 7) is 0.569. The Bertz CT molecular complexity index is 927. The second kappa shape index (κ2) is 14.2. The first-order valence-electron chi connectivity index (χ1n) is 10.6. The minimum Gasteiger partial charge on any atom is -0.368 e. The van der Waals surface area contributed by atoms with Crippen LogP contribution in [-0.2, 0) is 20.1 Å². The molecule has 0 radical (unpaired) electrons. The van der Waals surface area contributed by atoms with Gasteiger partial charge in [-0.1, -0.05) is 63.4 Å². The zero-order chi connectivity index (χ0) is 21.6. The summed E-state index contributed by atoms with van der Waals surface area (Å²) in [5, 5.41) is 2.91. The van der Waals surface area contributed by atoms with E-state index >= 15 is 0 Å². The minimum absolute atomic E-state index is 0. The predicted molar refractivity (Wildman–Crippen MR) is 144 cm³/mol. The molecule has 2 aromatic carbocycles. The van der Waals surface area contributed by atoms with Crippen molar-refractivity contribution in [1.82, 2.24) is 10.2 Å². The van der Waals surface area contributed by atoms with Crippen molar-refractivity contribution in [1.29, 1.82) is 0 Å². The summed E-state index contributed by atoms with van der Waals surface area (Å²) in [6, 6.07) is 17.6. The number of hydrogen-bond donors (Lipinski definition) is 1. The third-order valence-corrected chi connectivity index (χ3v) is 6.77. The first-order chi connectivity index (χ1) is 15.1. The maximum absolute atomic E-state index is 13.5. The molecule has 8 heteroatoms. The molecular weight excluding hydrogens is 468 g/mol. The number of rotatable bonds is 7. The highest BCUT2D eigenvalue weighted by molar-refractivity contribution is 7.98. The molecule has 0 unspecified atom stereocenters. The van der Waals surface area contributed by atoms with E-state index in [1.54, 1.807) is 40.9 Å². The minimum atomic E-state index is -0.714. The molecule has 1 N–H and O–H groups in total. The molecule has 2 aliphatic rings. The first-order valence-corrected chi connectivity index (χ1v) is 11.7. The van der Waals surface area contributed by atoms with Crippen LogP contribution in [0.1, 0.15) is 43.6 Å². The zero-order valence-electron chi connectivity index (χ0n) is 17.7. The lowest BCUT2D eigenvalue weighted by Crippen LogP contribution is -2.58. The summed E-state index contributed by atoms with van der Waals surface area (Å²) in [7, 11) is 0. The highest BCUT2D eigenvalue weighted by atomic mass is 32.2. The molecule has 2 saturated heterocycles. The third-order valence-electron chi connectivity index (χ3n) is 5.66. The molecule has 0 bridgehead atoms. The fraction of sp³-hybridized carbons (Fsp3) is 0.423. The Morgan fingerprint density at radius 3 is 2.38 bits per heavy atom. The number of carbonyl (C=O) groups is 3. The molecule has 0 saturated carbocycles. The molecule has 2 aliphatic heterocycles. The van der Waals surface area contributed by atoms with Gasteiger partial charge in [0.25, 0.3) is 5.91 Å². The van der Waals surface area contributed by atoms with Gasteiger partial charge in [0, 0.05) is 23.6 Å². The number of ketones is 1. The molecule has 186 valence electrons. The van der Waals surface area contributed by atoms with E-state index in [9.17, 15) is 14.4 Å². The van der Waals surface area contributed by atoms with Crippen LogP contribution in [0, 0.1) is 0 Å². The number of Topliss-reactive ketones (excluding diaryl/α,β-unsaturated/α-hetero) is 1. The predicted octanol–water partition coefficient (Wildman–Crippen LogP) is 4.06. The van der Waals surface area contributed by atoms with Crippen molar-refractivity contribution in [2.75, 3.05) is 18.9 Å². The first kappa shape index (κ1) is 29.7. The average molecular weight is 505 g/mol. The molecule has 6 nitrogen and oxygen atoms in total. The van der Waals surface area contributed by atoms with E-state index in [1.807, 2.05) is 36.4 Å². The van der Waals surface area contributed by atoms with Crippen LogP contribution < -0.4 is 5.32 Å². The van der Waals surface area contributed by atoms with Crippen LogP contribution >= 0.6 is 25.3 Å². The van der Waals surface area contributed by atoms with Crippen molar-refractivity contribution in [3.63, 3.8) is 0 Å². The van der Waals surface area contributed by atoms with Gasteiger partial charge in [0.2, 0.25) is 5.91 Å². The standard InChI is InChI=1S/C24H26N2O4S.2CH4.H2S/c27-20-14-30-21-12-7-13-26(22(20)21)24(29)19(16-31-15-17-8-3-1-4-9-17)25-23(28)18-10-5-2-6-11-18;;;/h1-6,8-11,19,21-22H,7,12-16H2,(H,25,28);2*1H4;1H2/t19-,21-,22-;;;/m0.../s1. The Balaban J connectivity index is 0.00000193. The maximum Gasteiger partial charge on any atom is 0.251 e. The Labute approximate surface area is 214 Å². The van der Waals surface area contributed by atoms with E-state index in [0.717, 1.165) is 24.2 Å². The van der Waals surface area contributed by atoms with Gasteiger partial charge >= 0.3 is 0 Å². The Hall–Kier alpha value is -2.29. The normalized spacial score (nSPS) is 19.5. The Kier molecular flexibility index (Phi) is 12.4. The molecule has 0 aliphatic carbocycles. The summed E-state index contributed by atoms with van der Waals surface area (Å²) >= 11 is 1.59. The smallest absolute Gasteiger partial charge is 0.251 e. The van der Waals surface area contributed by atoms with Gasteiger partial charge in [-0.25, -0.2) is 0 Å². The molecule has 2 amide bonds. The van der Waals surface area contributed by atoms with Crippen LogP contribution in [0.5, 0.6) is 0 Å². The van der Waals surface area contributed by atoms with E-state index in [0.29, 0.717) is 17.9 Å². The van der Waals surface area contributed by atoms with Crippen LogP contribution in [0.25, 0.3) is 0 Å². The summed E-state index contributed by atoms with van der Waals surface area (Å²) in [5.74, 6) is 0.609. The van der Waals surface area contributed by atoms with E-state index in [2.05, 4.69) is 5.32 Å². The van der Waals surface area contributed by atoms with Crippen LogP contribution in [0.15, 0.2) is 60.7 Å². The van der Waals surface area contributed by atoms with E-state index in [4.69, 9.17) is 4.74 Å². The van der Waals surface area contributed by atoms with Gasteiger partial charge in [-0.15, -0.1) is 0 Å². The molecule has 0 spiro atoms. The van der Waals surface area contributed by atoms with Crippen LogP contribution in [0.2, 0.25) is 0 Å². The number of nitrogens with one attached hydrogen (secondary N) is 1. The molecule has 0 aromatic heterocycles. The lowest BCUT2D eigenvalue weighted by molar-refractivity contribution is -0.141. The number of ether oxygens (including phenoxy) is 1. The van der Waals surface area contributed by atoms with Crippen molar-refractivity contribution in [2.45, 2.75) is 51.6 Å². The van der Waals surface area contributed by atoms with E-state index in [1.165, 1.54) is 0 Å². The number of hydrogen-bond acceptors (Lipinski definition) is 5. The number of carbonyl (C=O) groups excluding carboxylic acids is 3. The average Bonchev–Trinajstić information content (AvgIpc) is 3.20. The van der Waals surface area contributed by atoms with Crippen LogP contribution in [0.4, 0.5) is 0 Å². The second-order valence-corrected chi connectivity index (χ2v) is 8.86. The van der Waals surface area contributed by atoms with Gasteiger partial charge in [-0.05, 0) is 30.5 Å². The molecule has 2 aromatic rings. The fourth-order valence-electron chi connectivity index (χ4n) is 4.11. The SMILES string of the molecule is C.C.O=C(N[C@@H](CSCc1ccccc1)C(=O)N1CCC[C@@H]2OCC(=O)[C@@H]21)c1ccccc1.S. The Morgan fingerprint density at radius 1 is 1.06 bits per heavy atom. The van der Waals surface area contributed by atoms with Gasteiger partial charge in [-0.3, -0.25) is 14.4 Å². The summed E-state index contributed by atoms with van der Waals surface area (Å²) in [6.07, 6.45) is 1.34. The largest absolute Gasteiger partial charge is 0.368 e. The molecular formula is C26H36N2O4S2. The van der Waals surface area contributed by atoms with Gasteiger partial charge in [0.05, 0.1) is 6.10 Å². The van der Waals surface area contributed by atoms with Crippen LogP contribution in [-0.4, -0.2) is 59.6 Å². The van der Waals surface area contributed by atoms with Gasteiger partial charge in [0.1, 0.15) is 18.7 Å². The number of fused-ring (bicyclic) bond motifs is 1. The van der Waals surface area contributed by atoms with Gasteiger partial charge in [-0.2, -0.15) is 25.3 Å². The van der Waals surface area contributed by atoms with Crippen molar-refractivity contribution < 1.29 is 19.1 Å². The number of thioether (sulfide) groups is 1. The molecule has 2 fully saturated rings. The number of amides is 2. The molecule has 4 rings (SSSR count). The van der Waals surface area contributed by atoms with Gasteiger partial charge < -0.3 is 15.0 Å². The molecule has 2 heterocycles. The summed E-state index contributed by atoms with van der Waals surface area (Å²) in [4.78, 5) is 40.3. The summed E-state index contributed by atoms with van der Waals surface area (Å²) < 4.78 is 5.58. The van der Waals surface area contributed by atoms with Crippen molar-refractivity contribution in [3.05, 3.63) is 71.8 Å². The van der Waals surface area contributed by atoms with E-state index < -0.39 is 12.1 Å². The third kappa shape index (κ3) is 7.10. The quantitative estimate of drug-likeness (QED) is 0.615. The zero-order valence-corrected chi connectivity index (χ0v) is 19.6. The Morgan fingerprint density at radius 2 is 1.71 bits per heavy atom. The highest BCUT2D eigenvalue weighted by Gasteiger charge is 2.45. The fourth-order valence-corrected chi connectivity index (χ4v) is 5.12. The van der Waals surface area contributed by atoms with Crippen molar-refractivity contribution >= 4 is 42.9 Å². The van der Waals surface area contributed by atoms with Crippen molar-refractivity contribution in [2.24, 2.45) is 0 Å². The number of benzene rings is 2. The highest BCUT2D eigenvalue weighted by Crippen LogP contribution is 2.27. The topological polar surface area (TPSA) is 75.7 Å². The maximum atomic E-state index is 13.5. The number of likely N-dealkylation sites (tertiary alicyclic amines) is 1.